The van der Waals surface area contributed by atoms with Crippen LogP contribution in [0.15, 0.2) is 0 Å². The second-order valence-corrected chi connectivity index (χ2v) is 1.43. The third-order valence-corrected chi connectivity index (χ3v) is 0.462. The number of aliphatic hydroxyl groups is 1. The van der Waals surface area contributed by atoms with E-state index in [1.807, 2.05) is 0 Å². The van der Waals surface area contributed by atoms with Crippen LogP contribution < -0.4 is 24.0 Å². The van der Waals surface area contributed by atoms with Gasteiger partial charge in [0.25, 0.3) is 0 Å². The molecule has 0 aromatic carbocycles. The molecule has 0 aliphatic carbocycles. The summed E-state index contributed by atoms with van der Waals surface area (Å²) in [6, 6.07) is 0. The molecule has 8 heavy (non-hydrogen) atoms. The molecule has 4 heteroatoms. The molecule has 0 saturated heterocycles. The molecule has 0 aliphatic rings. The molecule has 0 saturated carbocycles. The van der Waals surface area contributed by atoms with E-state index < -0.39 is 12.1 Å². The maximum atomic E-state index is 9.54. The zero-order chi connectivity index (χ0) is 5.86. The van der Waals surface area contributed by atoms with Crippen molar-refractivity contribution in [2.75, 3.05) is 0 Å². The van der Waals surface area contributed by atoms with E-state index in [1.165, 1.54) is 6.92 Å². The van der Waals surface area contributed by atoms with Gasteiger partial charge in [-0.3, -0.25) is 0 Å². The summed E-state index contributed by atoms with van der Waals surface area (Å²) in [5, 5.41) is 17.8. The summed E-state index contributed by atoms with van der Waals surface area (Å²) in [7, 11) is 0. The molecule has 0 heterocycles. The van der Waals surface area contributed by atoms with Crippen LogP contribution in [0.1, 0.15) is 13.3 Å². The molecule has 1 atom stereocenters. The summed E-state index contributed by atoms with van der Waals surface area (Å²) >= 11 is 0. The molecular formula is C4H7LiO3. The first-order valence-electron chi connectivity index (χ1n) is 2.01. The number of rotatable bonds is 2. The Morgan fingerprint density at radius 3 is 2.25 bits per heavy atom. The molecule has 42 valence electrons. The second-order valence-electron chi connectivity index (χ2n) is 1.43. The third-order valence-electron chi connectivity index (χ3n) is 0.462. The molecule has 0 bridgehead atoms. The van der Waals surface area contributed by atoms with Crippen LogP contribution in [0, 0.1) is 0 Å². The van der Waals surface area contributed by atoms with Crippen LogP contribution in [0.25, 0.3) is 0 Å². The van der Waals surface area contributed by atoms with Crippen LogP contribution in [0.2, 0.25) is 0 Å². The molecular weight excluding hydrogens is 103 g/mol. The Labute approximate surface area is 59.9 Å². The van der Waals surface area contributed by atoms with E-state index in [-0.39, 0.29) is 25.3 Å². The number of carboxylic acids is 1. The van der Waals surface area contributed by atoms with Gasteiger partial charge in [-0.2, -0.15) is 0 Å². The van der Waals surface area contributed by atoms with Crippen LogP contribution in [0.3, 0.4) is 0 Å². The summed E-state index contributed by atoms with van der Waals surface area (Å²) in [6.07, 6.45) is -1.06. The van der Waals surface area contributed by atoms with Crippen molar-refractivity contribution in [2.24, 2.45) is 0 Å². The maximum Gasteiger partial charge on any atom is 1.00 e. The van der Waals surface area contributed by atoms with Gasteiger partial charge in [0.15, 0.2) is 0 Å². The van der Waals surface area contributed by atoms with Crippen molar-refractivity contribution in [1.29, 1.82) is 0 Å². The maximum absolute atomic E-state index is 9.54. The van der Waals surface area contributed by atoms with Crippen molar-refractivity contribution < 1.29 is 33.9 Å². The van der Waals surface area contributed by atoms with E-state index in [9.17, 15) is 9.90 Å². The Balaban J connectivity index is 0. The average molecular weight is 110 g/mol. The number of hydrogen-bond acceptors (Lipinski definition) is 3. The van der Waals surface area contributed by atoms with Crippen LogP contribution in [-0.2, 0) is 4.79 Å². The summed E-state index contributed by atoms with van der Waals surface area (Å²) < 4.78 is 0. The molecule has 3 nitrogen and oxygen atoms in total. The predicted molar refractivity (Wildman–Crippen MR) is 21.3 cm³/mol. The summed E-state index contributed by atoms with van der Waals surface area (Å²) in [4.78, 5) is 9.54. The molecule has 0 spiro atoms. The van der Waals surface area contributed by atoms with Crippen molar-refractivity contribution in [2.45, 2.75) is 19.4 Å². The first-order chi connectivity index (χ1) is 3.13. The predicted octanol–water partition coefficient (Wildman–Crippen LogP) is -4.49. The van der Waals surface area contributed by atoms with Crippen molar-refractivity contribution in [3.05, 3.63) is 0 Å². The van der Waals surface area contributed by atoms with Crippen LogP contribution >= 0.6 is 0 Å². The van der Waals surface area contributed by atoms with Crippen molar-refractivity contribution in [3.8, 4) is 0 Å². The standard InChI is InChI=1S/C4H8O3.Li/c1-3(5)2-4(6)7;/h3,5H,2H2,1H3,(H,6,7);/q;+1/p-1. The number of carbonyl (C=O) groups excluding carboxylic acids is 1. The van der Waals surface area contributed by atoms with Gasteiger partial charge in [0.05, 0.1) is 6.10 Å². The fourth-order valence-corrected chi connectivity index (χ4v) is 0.241. The molecule has 0 aromatic heterocycles. The Hall–Kier alpha value is 0.0274. The van der Waals surface area contributed by atoms with Gasteiger partial charge in [0, 0.05) is 12.4 Å². The van der Waals surface area contributed by atoms with Crippen LogP contribution in [0.4, 0.5) is 0 Å². The van der Waals surface area contributed by atoms with Crippen molar-refractivity contribution in [1.82, 2.24) is 0 Å². The minimum absolute atomic E-state index is 0. The zero-order valence-corrected chi connectivity index (χ0v) is 5.05. The minimum Gasteiger partial charge on any atom is -0.550 e. The SMILES string of the molecule is CC(O)CC(=O)[O-].[Li+]. The normalized spacial score (nSPS) is 11.8. The van der Waals surface area contributed by atoms with E-state index in [0.29, 0.717) is 0 Å². The number of carboxylic acid groups (broad SMARTS) is 1. The summed E-state index contributed by atoms with van der Waals surface area (Å²) in [5.41, 5.74) is 0. The molecule has 1 N–H and O–H groups in total. The Bertz CT molecular complexity index is 71.7. The number of hydrogen-bond donors (Lipinski definition) is 1. The first kappa shape index (κ1) is 10.9. The minimum atomic E-state index is -1.21. The monoisotopic (exact) mass is 110 g/mol. The van der Waals surface area contributed by atoms with E-state index >= 15 is 0 Å². The number of aliphatic carboxylic acids is 1. The summed E-state index contributed by atoms with van der Waals surface area (Å²) in [6.45, 7) is 1.40. The Morgan fingerprint density at radius 2 is 2.25 bits per heavy atom. The molecule has 0 amide bonds. The number of aliphatic hydroxyl groups excluding tert-OH is 1. The van der Waals surface area contributed by atoms with Gasteiger partial charge in [-0.25, -0.2) is 0 Å². The van der Waals surface area contributed by atoms with Crippen LogP contribution in [-0.4, -0.2) is 17.2 Å². The topological polar surface area (TPSA) is 60.4 Å². The molecule has 0 fully saturated rings. The molecule has 0 radical (unpaired) electrons. The smallest absolute Gasteiger partial charge is 0.550 e. The number of carbonyl (C=O) groups is 1. The molecule has 0 aliphatic heterocycles. The van der Waals surface area contributed by atoms with E-state index in [0.717, 1.165) is 0 Å². The fourth-order valence-electron chi connectivity index (χ4n) is 0.241. The van der Waals surface area contributed by atoms with Crippen LogP contribution in [0.5, 0.6) is 0 Å². The zero-order valence-electron chi connectivity index (χ0n) is 5.05. The van der Waals surface area contributed by atoms with Gasteiger partial charge in [0.1, 0.15) is 0 Å². The quantitative estimate of drug-likeness (QED) is 0.364. The summed E-state index contributed by atoms with van der Waals surface area (Å²) in [5.74, 6) is -1.21. The largest absolute Gasteiger partial charge is 1.00 e. The average Bonchev–Trinajstić information content (AvgIpc) is 1.27. The fraction of sp³-hybridized carbons (Fsp3) is 0.750. The van der Waals surface area contributed by atoms with Gasteiger partial charge in [0.2, 0.25) is 0 Å². The molecule has 0 aromatic rings. The van der Waals surface area contributed by atoms with Crippen molar-refractivity contribution >= 4 is 5.97 Å². The van der Waals surface area contributed by atoms with Gasteiger partial charge in [-0.05, 0) is 6.92 Å². The van der Waals surface area contributed by atoms with Crippen molar-refractivity contribution in [3.63, 3.8) is 0 Å². The Kier molecular flexibility index (Phi) is 7.05. The van der Waals surface area contributed by atoms with E-state index in [1.54, 1.807) is 0 Å². The van der Waals surface area contributed by atoms with Gasteiger partial charge in [-0.1, -0.05) is 0 Å². The first-order valence-corrected chi connectivity index (χ1v) is 2.01. The molecule has 1 unspecified atom stereocenters. The third kappa shape index (κ3) is 9.39. The van der Waals surface area contributed by atoms with Gasteiger partial charge in [-0.15, -0.1) is 0 Å². The van der Waals surface area contributed by atoms with Gasteiger partial charge >= 0.3 is 18.9 Å². The second kappa shape index (κ2) is 5.17. The van der Waals surface area contributed by atoms with E-state index in [2.05, 4.69) is 0 Å². The Morgan fingerprint density at radius 1 is 1.88 bits per heavy atom. The van der Waals surface area contributed by atoms with E-state index in [4.69, 9.17) is 5.11 Å². The molecule has 0 rings (SSSR count). The van der Waals surface area contributed by atoms with Gasteiger partial charge < -0.3 is 15.0 Å².